The van der Waals surface area contributed by atoms with Crippen LogP contribution in [0.5, 0.6) is 0 Å². The van der Waals surface area contributed by atoms with Gasteiger partial charge in [-0.25, -0.2) is 0 Å². The Balaban J connectivity index is 2.11. The van der Waals surface area contributed by atoms with Crippen molar-refractivity contribution in [3.05, 3.63) is 0 Å². The first-order chi connectivity index (χ1) is 10.9. The Hall–Kier alpha value is -1.06. The predicted molar refractivity (Wildman–Crippen MR) is 91.2 cm³/mol. The molecule has 0 saturated heterocycles. The molecule has 4 heteroatoms. The summed E-state index contributed by atoms with van der Waals surface area (Å²) < 4.78 is 5.54. The molecule has 0 radical (unpaired) electrons. The lowest BCUT2D eigenvalue weighted by atomic mass is 9.82. The molecule has 134 valence electrons. The summed E-state index contributed by atoms with van der Waals surface area (Å²) >= 11 is 0. The maximum atomic E-state index is 12.1. The minimum absolute atomic E-state index is 0.0233. The topological polar surface area (TPSA) is 63.6 Å². The number of esters is 1. The lowest BCUT2D eigenvalue weighted by Crippen LogP contribution is -2.29. The van der Waals surface area contributed by atoms with Crippen LogP contribution in [0.15, 0.2) is 0 Å². The van der Waals surface area contributed by atoms with E-state index in [0.29, 0.717) is 25.7 Å². The van der Waals surface area contributed by atoms with E-state index in [-0.39, 0.29) is 23.9 Å². The highest BCUT2D eigenvalue weighted by Gasteiger charge is 2.31. The van der Waals surface area contributed by atoms with Gasteiger partial charge < -0.3 is 9.84 Å². The molecular formula is C19H34O4. The van der Waals surface area contributed by atoms with Crippen molar-refractivity contribution in [3.63, 3.8) is 0 Å². The van der Waals surface area contributed by atoms with E-state index >= 15 is 0 Å². The average Bonchev–Trinajstić information content (AvgIpc) is 2.50. The van der Waals surface area contributed by atoms with Crippen molar-refractivity contribution >= 4 is 11.9 Å². The molecule has 4 nitrogen and oxygen atoms in total. The number of carbonyl (C=O) groups excluding carboxylic acids is 1. The van der Waals surface area contributed by atoms with Crippen LogP contribution in [0.25, 0.3) is 0 Å². The molecule has 1 N–H and O–H groups in total. The first-order valence-corrected chi connectivity index (χ1v) is 9.33. The fraction of sp³-hybridized carbons (Fsp3) is 0.895. The Morgan fingerprint density at radius 3 is 1.96 bits per heavy atom. The normalized spacial score (nSPS) is 22.8. The summed E-state index contributed by atoms with van der Waals surface area (Å²) in [6, 6.07) is 0. The second kappa shape index (κ2) is 10.7. The van der Waals surface area contributed by atoms with Gasteiger partial charge in [0.25, 0.3) is 0 Å². The van der Waals surface area contributed by atoms with E-state index in [1.54, 1.807) is 0 Å². The third-order valence-electron chi connectivity index (χ3n) is 4.87. The summed E-state index contributed by atoms with van der Waals surface area (Å²) in [6.45, 7) is 6.48. The van der Waals surface area contributed by atoms with Gasteiger partial charge >= 0.3 is 11.9 Å². The maximum Gasteiger partial charge on any atom is 0.309 e. The van der Waals surface area contributed by atoms with Gasteiger partial charge in [0, 0.05) is 0 Å². The quantitative estimate of drug-likeness (QED) is 0.462. The van der Waals surface area contributed by atoms with E-state index in [1.807, 2.05) is 6.92 Å². The zero-order valence-corrected chi connectivity index (χ0v) is 15.1. The molecule has 1 aliphatic carbocycles. The minimum atomic E-state index is -0.734. The molecule has 0 aromatic heterocycles. The van der Waals surface area contributed by atoms with Gasteiger partial charge in [-0.3, -0.25) is 9.59 Å². The van der Waals surface area contributed by atoms with Crippen LogP contribution < -0.4 is 0 Å². The molecule has 0 heterocycles. The number of carbonyl (C=O) groups is 2. The molecule has 0 amide bonds. The highest BCUT2D eigenvalue weighted by molar-refractivity contribution is 5.74. The van der Waals surface area contributed by atoms with Gasteiger partial charge in [-0.05, 0) is 51.4 Å². The smallest absolute Gasteiger partial charge is 0.309 e. The van der Waals surface area contributed by atoms with Crippen molar-refractivity contribution in [3.8, 4) is 0 Å². The minimum Gasteiger partial charge on any atom is -0.481 e. The second-order valence-corrected chi connectivity index (χ2v) is 7.52. The number of aliphatic carboxylic acids is 1. The largest absolute Gasteiger partial charge is 0.481 e. The van der Waals surface area contributed by atoms with Crippen LogP contribution >= 0.6 is 0 Å². The van der Waals surface area contributed by atoms with E-state index in [4.69, 9.17) is 9.84 Å². The zero-order chi connectivity index (χ0) is 17.2. The Kier molecular flexibility index (Phi) is 9.27. The Morgan fingerprint density at radius 1 is 0.913 bits per heavy atom. The Bertz CT molecular complexity index is 356. The zero-order valence-electron chi connectivity index (χ0n) is 15.1. The van der Waals surface area contributed by atoms with Crippen LogP contribution in [0.2, 0.25) is 0 Å². The number of carboxylic acid groups (broad SMARTS) is 1. The van der Waals surface area contributed by atoms with Crippen LogP contribution in [-0.4, -0.2) is 23.1 Å². The van der Waals surface area contributed by atoms with E-state index in [1.165, 1.54) is 25.7 Å². The third kappa shape index (κ3) is 8.38. The summed E-state index contributed by atoms with van der Waals surface area (Å²) in [7, 11) is 0. The highest BCUT2D eigenvalue weighted by atomic mass is 16.5. The fourth-order valence-corrected chi connectivity index (χ4v) is 3.27. The third-order valence-corrected chi connectivity index (χ3v) is 4.87. The number of hydrogen-bond acceptors (Lipinski definition) is 3. The summed E-state index contributed by atoms with van der Waals surface area (Å²) in [5, 5.41) is 8.98. The number of hydrogen-bond donors (Lipinski definition) is 1. The standard InChI is InChI=1S/C19H34O4/c1-14(2)8-6-4-5-7-9-15(3)23-19(22)17-12-10-16(11-13-17)18(20)21/h14-17H,4-13H2,1-3H3,(H,20,21). The first kappa shape index (κ1) is 20.0. The lowest BCUT2D eigenvalue weighted by Gasteiger charge is -2.25. The summed E-state index contributed by atoms with van der Waals surface area (Å²) in [6.07, 6.45) is 9.56. The average molecular weight is 326 g/mol. The van der Waals surface area contributed by atoms with Gasteiger partial charge in [0.15, 0.2) is 0 Å². The maximum absolute atomic E-state index is 12.1. The van der Waals surface area contributed by atoms with Gasteiger partial charge in [-0.2, -0.15) is 0 Å². The van der Waals surface area contributed by atoms with Crippen molar-refractivity contribution in [2.75, 3.05) is 0 Å². The van der Waals surface area contributed by atoms with Crippen LogP contribution in [0, 0.1) is 17.8 Å². The van der Waals surface area contributed by atoms with E-state index in [0.717, 1.165) is 18.8 Å². The fourth-order valence-electron chi connectivity index (χ4n) is 3.27. The molecule has 0 spiro atoms. The molecule has 1 atom stereocenters. The molecule has 1 rings (SSSR count). The molecule has 1 saturated carbocycles. The number of unbranched alkanes of at least 4 members (excludes halogenated alkanes) is 3. The monoisotopic (exact) mass is 326 g/mol. The molecule has 1 fully saturated rings. The van der Waals surface area contributed by atoms with Crippen LogP contribution in [-0.2, 0) is 14.3 Å². The van der Waals surface area contributed by atoms with Gasteiger partial charge in [-0.15, -0.1) is 0 Å². The summed E-state index contributed by atoms with van der Waals surface area (Å²) in [4.78, 5) is 23.0. The van der Waals surface area contributed by atoms with Crippen LogP contribution in [0.4, 0.5) is 0 Å². The van der Waals surface area contributed by atoms with Crippen LogP contribution in [0.3, 0.4) is 0 Å². The molecular weight excluding hydrogens is 292 g/mol. The van der Waals surface area contributed by atoms with Gasteiger partial charge in [0.1, 0.15) is 0 Å². The number of carboxylic acids is 1. The van der Waals surface area contributed by atoms with Crippen molar-refractivity contribution < 1.29 is 19.4 Å². The predicted octanol–water partition coefficient (Wildman–Crippen LogP) is 4.81. The van der Waals surface area contributed by atoms with Crippen molar-refractivity contribution in [1.82, 2.24) is 0 Å². The molecule has 0 bridgehead atoms. The molecule has 0 aliphatic heterocycles. The van der Waals surface area contributed by atoms with Gasteiger partial charge in [0.05, 0.1) is 17.9 Å². The van der Waals surface area contributed by atoms with Crippen LogP contribution in [0.1, 0.15) is 85.0 Å². The molecule has 23 heavy (non-hydrogen) atoms. The SMILES string of the molecule is CC(C)CCCCCCC(C)OC(=O)C1CCC(C(=O)O)CC1. The molecule has 0 aromatic rings. The highest BCUT2D eigenvalue weighted by Crippen LogP contribution is 2.30. The summed E-state index contributed by atoms with van der Waals surface area (Å²) in [5.74, 6) is -0.448. The molecule has 1 aliphatic rings. The van der Waals surface area contributed by atoms with Gasteiger partial charge in [-0.1, -0.05) is 39.5 Å². The van der Waals surface area contributed by atoms with Crippen molar-refractivity contribution in [1.29, 1.82) is 0 Å². The van der Waals surface area contributed by atoms with Gasteiger partial charge in [0.2, 0.25) is 0 Å². The van der Waals surface area contributed by atoms with Crippen molar-refractivity contribution in [2.24, 2.45) is 17.8 Å². The van der Waals surface area contributed by atoms with E-state index < -0.39 is 5.97 Å². The number of rotatable bonds is 10. The van der Waals surface area contributed by atoms with E-state index in [2.05, 4.69) is 13.8 Å². The second-order valence-electron chi connectivity index (χ2n) is 7.52. The van der Waals surface area contributed by atoms with Crippen molar-refractivity contribution in [2.45, 2.75) is 91.1 Å². The lowest BCUT2D eigenvalue weighted by molar-refractivity contribution is -0.156. The summed E-state index contributed by atoms with van der Waals surface area (Å²) in [5.41, 5.74) is 0. The number of ether oxygens (including phenoxy) is 1. The Morgan fingerprint density at radius 2 is 1.43 bits per heavy atom. The molecule has 0 aromatic carbocycles. The Labute approximate surface area is 141 Å². The first-order valence-electron chi connectivity index (χ1n) is 9.33. The molecule has 1 unspecified atom stereocenters. The van der Waals surface area contributed by atoms with E-state index in [9.17, 15) is 9.59 Å².